The Morgan fingerprint density at radius 2 is 1.82 bits per heavy atom. The molecule has 4 heteroatoms. The molecule has 2 aromatic rings. The van der Waals surface area contributed by atoms with Crippen LogP contribution in [0, 0.1) is 6.92 Å². The molecule has 0 radical (unpaired) electrons. The molecule has 2 aromatic carbocycles. The molecule has 2 rings (SSSR count). The van der Waals surface area contributed by atoms with Crippen molar-refractivity contribution < 1.29 is 9.53 Å². The predicted octanol–water partition coefficient (Wildman–Crippen LogP) is 2.41. The molecule has 0 atom stereocenters. The van der Waals surface area contributed by atoms with E-state index in [-0.39, 0.29) is 5.91 Å². The van der Waals surface area contributed by atoms with E-state index in [4.69, 9.17) is 4.74 Å². The minimum Gasteiger partial charge on any atom is -0.497 e. The average molecular weight is 298 g/mol. The molecule has 0 aliphatic rings. The van der Waals surface area contributed by atoms with Gasteiger partial charge in [0.25, 0.3) is 0 Å². The van der Waals surface area contributed by atoms with Crippen LogP contribution in [0.3, 0.4) is 0 Å². The number of benzene rings is 2. The number of rotatable bonds is 7. The lowest BCUT2D eigenvalue weighted by Gasteiger charge is -2.08. The second kappa shape index (κ2) is 8.20. The molecule has 0 bridgehead atoms. The number of aryl methyl sites for hydroxylation is 1. The normalized spacial score (nSPS) is 10.3. The zero-order valence-electron chi connectivity index (χ0n) is 13.1. The van der Waals surface area contributed by atoms with Crippen molar-refractivity contribution in [1.82, 2.24) is 10.6 Å². The van der Waals surface area contributed by atoms with Crippen LogP contribution < -0.4 is 15.4 Å². The molecule has 4 nitrogen and oxygen atoms in total. The van der Waals surface area contributed by atoms with Crippen molar-refractivity contribution in [3.05, 3.63) is 65.2 Å². The van der Waals surface area contributed by atoms with E-state index in [9.17, 15) is 4.79 Å². The number of amides is 1. The Labute approximate surface area is 131 Å². The third-order valence-corrected chi connectivity index (χ3v) is 3.35. The van der Waals surface area contributed by atoms with Crippen molar-refractivity contribution >= 4 is 5.91 Å². The number of methoxy groups -OCH3 is 1. The molecule has 0 saturated heterocycles. The fourth-order valence-corrected chi connectivity index (χ4v) is 2.15. The average Bonchev–Trinajstić information content (AvgIpc) is 2.53. The van der Waals surface area contributed by atoms with Gasteiger partial charge in [-0.05, 0) is 30.2 Å². The van der Waals surface area contributed by atoms with Crippen LogP contribution >= 0.6 is 0 Å². The van der Waals surface area contributed by atoms with Crippen molar-refractivity contribution in [2.45, 2.75) is 20.0 Å². The van der Waals surface area contributed by atoms with Crippen molar-refractivity contribution in [3.8, 4) is 5.75 Å². The first kappa shape index (κ1) is 16.0. The number of carbonyl (C=O) groups excluding carboxylic acids is 1. The summed E-state index contributed by atoms with van der Waals surface area (Å²) in [5.74, 6) is 0.804. The summed E-state index contributed by atoms with van der Waals surface area (Å²) in [4.78, 5) is 11.8. The molecule has 1 amide bonds. The summed E-state index contributed by atoms with van der Waals surface area (Å²) < 4.78 is 5.10. The highest BCUT2D eigenvalue weighted by molar-refractivity contribution is 5.77. The molecule has 0 fully saturated rings. The Morgan fingerprint density at radius 3 is 2.50 bits per heavy atom. The smallest absolute Gasteiger partial charge is 0.234 e. The first-order valence-electron chi connectivity index (χ1n) is 7.33. The Hall–Kier alpha value is -2.33. The maximum absolute atomic E-state index is 11.8. The van der Waals surface area contributed by atoms with Gasteiger partial charge in [0.1, 0.15) is 5.75 Å². The molecule has 2 N–H and O–H groups in total. The van der Waals surface area contributed by atoms with Gasteiger partial charge in [-0.25, -0.2) is 0 Å². The number of carbonyl (C=O) groups is 1. The summed E-state index contributed by atoms with van der Waals surface area (Å²) >= 11 is 0. The van der Waals surface area contributed by atoms with Gasteiger partial charge in [0.2, 0.25) is 5.91 Å². The van der Waals surface area contributed by atoms with Gasteiger partial charge >= 0.3 is 0 Å². The fourth-order valence-electron chi connectivity index (χ4n) is 2.15. The molecular formula is C18H22N2O2. The van der Waals surface area contributed by atoms with Crippen molar-refractivity contribution in [2.24, 2.45) is 0 Å². The summed E-state index contributed by atoms with van der Waals surface area (Å²) in [7, 11) is 1.64. The lowest BCUT2D eigenvalue weighted by Crippen LogP contribution is -2.33. The largest absolute Gasteiger partial charge is 0.497 e. The highest BCUT2D eigenvalue weighted by Gasteiger charge is 2.01. The van der Waals surface area contributed by atoms with E-state index in [0.29, 0.717) is 19.6 Å². The van der Waals surface area contributed by atoms with Gasteiger partial charge in [0.15, 0.2) is 0 Å². The second-order valence-corrected chi connectivity index (χ2v) is 5.22. The molecule has 0 spiro atoms. The quantitative estimate of drug-likeness (QED) is 0.825. The van der Waals surface area contributed by atoms with Crippen LogP contribution in [0.1, 0.15) is 16.7 Å². The summed E-state index contributed by atoms with van der Waals surface area (Å²) in [6, 6.07) is 15.9. The van der Waals surface area contributed by atoms with E-state index in [0.717, 1.165) is 11.3 Å². The minimum atomic E-state index is -0.0107. The summed E-state index contributed by atoms with van der Waals surface area (Å²) in [6.07, 6.45) is 0. The monoisotopic (exact) mass is 298 g/mol. The topological polar surface area (TPSA) is 50.4 Å². The van der Waals surface area contributed by atoms with E-state index in [1.54, 1.807) is 7.11 Å². The second-order valence-electron chi connectivity index (χ2n) is 5.22. The zero-order chi connectivity index (χ0) is 15.8. The molecule has 0 saturated carbocycles. The van der Waals surface area contributed by atoms with Crippen LogP contribution in [0.5, 0.6) is 5.75 Å². The van der Waals surface area contributed by atoms with Crippen LogP contribution in [0.2, 0.25) is 0 Å². The maximum atomic E-state index is 11.8. The highest BCUT2D eigenvalue weighted by Crippen LogP contribution is 2.10. The zero-order valence-corrected chi connectivity index (χ0v) is 13.1. The third kappa shape index (κ3) is 5.22. The van der Waals surface area contributed by atoms with Crippen LogP contribution in [-0.4, -0.2) is 19.6 Å². The maximum Gasteiger partial charge on any atom is 0.234 e. The molecule has 0 heterocycles. The van der Waals surface area contributed by atoms with Gasteiger partial charge in [0, 0.05) is 13.1 Å². The van der Waals surface area contributed by atoms with E-state index >= 15 is 0 Å². The molecule has 22 heavy (non-hydrogen) atoms. The van der Waals surface area contributed by atoms with Crippen molar-refractivity contribution in [3.63, 3.8) is 0 Å². The van der Waals surface area contributed by atoms with Gasteiger partial charge in [-0.15, -0.1) is 0 Å². The predicted molar refractivity (Wildman–Crippen MR) is 87.7 cm³/mol. The molecule has 116 valence electrons. The van der Waals surface area contributed by atoms with E-state index < -0.39 is 0 Å². The number of hydrogen-bond donors (Lipinski definition) is 2. The van der Waals surface area contributed by atoms with Gasteiger partial charge < -0.3 is 15.4 Å². The van der Waals surface area contributed by atoms with Gasteiger partial charge in [0.05, 0.1) is 13.7 Å². The van der Waals surface area contributed by atoms with Crippen molar-refractivity contribution in [2.75, 3.05) is 13.7 Å². The van der Waals surface area contributed by atoms with Crippen LogP contribution in [0.4, 0.5) is 0 Å². The molecule has 0 aliphatic carbocycles. The summed E-state index contributed by atoms with van der Waals surface area (Å²) in [5.41, 5.74) is 3.46. The van der Waals surface area contributed by atoms with Gasteiger partial charge in [-0.2, -0.15) is 0 Å². The van der Waals surface area contributed by atoms with E-state index in [1.807, 2.05) is 30.3 Å². The molecule has 0 aliphatic heterocycles. The van der Waals surface area contributed by atoms with Crippen molar-refractivity contribution in [1.29, 1.82) is 0 Å². The van der Waals surface area contributed by atoms with Gasteiger partial charge in [-0.3, -0.25) is 4.79 Å². The Bertz CT molecular complexity index is 609. The van der Waals surface area contributed by atoms with E-state index in [2.05, 4.69) is 35.8 Å². The minimum absolute atomic E-state index is 0.0107. The van der Waals surface area contributed by atoms with Crippen LogP contribution in [0.25, 0.3) is 0 Å². The van der Waals surface area contributed by atoms with Crippen LogP contribution in [0.15, 0.2) is 48.5 Å². The first-order valence-corrected chi connectivity index (χ1v) is 7.33. The third-order valence-electron chi connectivity index (χ3n) is 3.35. The number of ether oxygens (including phenoxy) is 1. The lowest BCUT2D eigenvalue weighted by atomic mass is 10.1. The molecule has 0 aromatic heterocycles. The standard InChI is InChI=1S/C18H22N2O2/c1-14-4-3-5-16(10-14)11-19-13-18(21)20-12-15-6-8-17(22-2)9-7-15/h3-10,19H,11-13H2,1-2H3,(H,20,21). The summed E-state index contributed by atoms with van der Waals surface area (Å²) in [5, 5.41) is 6.04. The lowest BCUT2D eigenvalue weighted by molar-refractivity contribution is -0.120. The molecular weight excluding hydrogens is 276 g/mol. The van der Waals surface area contributed by atoms with E-state index in [1.165, 1.54) is 11.1 Å². The SMILES string of the molecule is COc1ccc(CNC(=O)CNCc2cccc(C)c2)cc1. The first-order chi connectivity index (χ1) is 10.7. The summed E-state index contributed by atoms with van der Waals surface area (Å²) in [6.45, 7) is 3.59. The Kier molecular flexibility index (Phi) is 5.98. The number of nitrogens with one attached hydrogen (secondary N) is 2. The van der Waals surface area contributed by atoms with Crippen LogP contribution in [-0.2, 0) is 17.9 Å². The Morgan fingerprint density at radius 1 is 1.05 bits per heavy atom. The number of hydrogen-bond acceptors (Lipinski definition) is 3. The Balaban J connectivity index is 1.69. The highest BCUT2D eigenvalue weighted by atomic mass is 16.5. The molecule has 0 unspecified atom stereocenters. The van der Waals surface area contributed by atoms with Gasteiger partial charge in [-0.1, -0.05) is 42.0 Å². The fraction of sp³-hybridized carbons (Fsp3) is 0.278.